The largest absolute Gasteiger partial charge is 0.465 e. The fraction of sp³-hybridized carbons (Fsp3) is 0.692. The van der Waals surface area contributed by atoms with Gasteiger partial charge >= 0.3 is 5.97 Å². The van der Waals surface area contributed by atoms with Crippen molar-refractivity contribution in [2.24, 2.45) is 15.9 Å². The average Bonchev–Trinajstić information content (AvgIpc) is 2.39. The summed E-state index contributed by atoms with van der Waals surface area (Å²) in [5, 5.41) is 0. The Morgan fingerprint density at radius 2 is 2.32 bits per heavy atom. The van der Waals surface area contributed by atoms with Crippen molar-refractivity contribution in [2.45, 2.75) is 39.2 Å². The zero-order valence-corrected chi connectivity index (χ0v) is 11.3. The fourth-order valence-corrected chi connectivity index (χ4v) is 2.33. The highest BCUT2D eigenvalue weighted by Crippen LogP contribution is 2.19. The van der Waals surface area contributed by atoms with E-state index in [1.165, 1.54) is 12.6 Å². The molecule has 2 rings (SSSR count). The molecular formula is C13H19N3O3. The Morgan fingerprint density at radius 3 is 2.95 bits per heavy atom. The molecule has 6 heteroatoms. The maximum Gasteiger partial charge on any atom is 0.324 e. The third-order valence-electron chi connectivity index (χ3n) is 3.42. The summed E-state index contributed by atoms with van der Waals surface area (Å²) in [6.45, 7) is 4.90. The smallest absolute Gasteiger partial charge is 0.324 e. The molecule has 1 amide bonds. The number of hydrogen-bond acceptors (Lipinski definition) is 5. The lowest BCUT2D eigenvalue weighted by Gasteiger charge is -2.34. The topological polar surface area (TPSA) is 71.3 Å². The van der Waals surface area contributed by atoms with E-state index in [0.29, 0.717) is 12.0 Å². The van der Waals surface area contributed by atoms with E-state index in [1.807, 2.05) is 4.90 Å². The number of piperidine rings is 1. The van der Waals surface area contributed by atoms with Gasteiger partial charge in [0.2, 0.25) is 5.96 Å². The van der Waals surface area contributed by atoms with Gasteiger partial charge in [-0.05, 0) is 33.1 Å². The molecule has 0 radical (unpaired) electrons. The highest BCUT2D eigenvalue weighted by atomic mass is 16.5. The standard InChI is InChI=1S/C13H19N3O3/c1-3-19-12(18)10-8-14-13(15-11(10)17)16-7-5-4-6-9(16)2/h8-10H,3-7H2,1-2H3. The number of carbonyl (C=O) groups excluding carboxylic acids is 2. The van der Waals surface area contributed by atoms with Gasteiger partial charge < -0.3 is 9.64 Å². The molecule has 0 aromatic heterocycles. The van der Waals surface area contributed by atoms with E-state index in [2.05, 4.69) is 16.9 Å². The van der Waals surface area contributed by atoms with Crippen LogP contribution in [-0.4, -0.2) is 48.1 Å². The number of hydrogen-bond donors (Lipinski definition) is 0. The van der Waals surface area contributed by atoms with Crippen molar-refractivity contribution in [1.29, 1.82) is 0 Å². The Bertz CT molecular complexity index is 431. The van der Waals surface area contributed by atoms with Gasteiger partial charge in [0.15, 0.2) is 5.92 Å². The minimum atomic E-state index is -0.983. The average molecular weight is 265 g/mol. The highest BCUT2D eigenvalue weighted by molar-refractivity contribution is 6.18. The summed E-state index contributed by atoms with van der Waals surface area (Å²) in [6.07, 6.45) is 4.69. The second kappa shape index (κ2) is 5.95. The Kier molecular flexibility index (Phi) is 4.29. The predicted molar refractivity (Wildman–Crippen MR) is 71.1 cm³/mol. The van der Waals surface area contributed by atoms with Crippen LogP contribution in [-0.2, 0) is 14.3 Å². The van der Waals surface area contributed by atoms with Crippen molar-refractivity contribution < 1.29 is 14.3 Å². The Labute approximate surface area is 112 Å². The van der Waals surface area contributed by atoms with Crippen LogP contribution < -0.4 is 0 Å². The van der Waals surface area contributed by atoms with E-state index >= 15 is 0 Å². The van der Waals surface area contributed by atoms with Crippen LogP contribution in [0.5, 0.6) is 0 Å². The van der Waals surface area contributed by atoms with Crippen LogP contribution in [0.1, 0.15) is 33.1 Å². The quantitative estimate of drug-likeness (QED) is 0.552. The maximum absolute atomic E-state index is 11.9. The summed E-state index contributed by atoms with van der Waals surface area (Å²) < 4.78 is 4.82. The van der Waals surface area contributed by atoms with Gasteiger partial charge in [0.25, 0.3) is 5.91 Å². The molecule has 2 aliphatic heterocycles. The van der Waals surface area contributed by atoms with Gasteiger partial charge in [-0.3, -0.25) is 9.59 Å². The molecule has 2 aliphatic rings. The molecule has 1 saturated heterocycles. The van der Waals surface area contributed by atoms with Crippen LogP contribution in [0.15, 0.2) is 9.98 Å². The first-order chi connectivity index (χ1) is 9.13. The van der Waals surface area contributed by atoms with Crippen molar-refractivity contribution in [2.75, 3.05) is 13.2 Å². The third-order valence-corrected chi connectivity index (χ3v) is 3.42. The van der Waals surface area contributed by atoms with E-state index in [4.69, 9.17) is 4.74 Å². The maximum atomic E-state index is 11.9. The molecule has 2 heterocycles. The lowest BCUT2D eigenvalue weighted by atomic mass is 10.0. The number of aliphatic imine (C=N–C) groups is 2. The first-order valence-electron chi connectivity index (χ1n) is 6.73. The van der Waals surface area contributed by atoms with Crippen molar-refractivity contribution in [3.63, 3.8) is 0 Å². The van der Waals surface area contributed by atoms with Crippen LogP contribution in [0, 0.1) is 5.92 Å². The lowest BCUT2D eigenvalue weighted by molar-refractivity contribution is -0.148. The SMILES string of the molecule is CCOC(=O)C1C=NC(N2CCCCC2C)=NC1=O. The van der Waals surface area contributed by atoms with E-state index < -0.39 is 17.8 Å². The van der Waals surface area contributed by atoms with Crippen LogP contribution in [0.3, 0.4) is 0 Å². The second-order valence-electron chi connectivity index (χ2n) is 4.80. The van der Waals surface area contributed by atoms with Gasteiger partial charge in [0, 0.05) is 18.8 Å². The third kappa shape index (κ3) is 3.00. The summed E-state index contributed by atoms with van der Waals surface area (Å²) in [5.41, 5.74) is 0. The lowest BCUT2D eigenvalue weighted by Crippen LogP contribution is -2.44. The molecule has 2 unspecified atom stereocenters. The number of rotatable bonds is 2. The van der Waals surface area contributed by atoms with Gasteiger partial charge in [-0.1, -0.05) is 0 Å². The molecule has 1 fully saturated rings. The Morgan fingerprint density at radius 1 is 1.53 bits per heavy atom. The zero-order chi connectivity index (χ0) is 13.8. The summed E-state index contributed by atoms with van der Waals surface area (Å²) in [6, 6.07) is 0.330. The van der Waals surface area contributed by atoms with E-state index in [0.717, 1.165) is 19.4 Å². The summed E-state index contributed by atoms with van der Waals surface area (Å²) >= 11 is 0. The van der Waals surface area contributed by atoms with Crippen LogP contribution in [0.4, 0.5) is 0 Å². The molecule has 104 valence electrons. The van der Waals surface area contributed by atoms with E-state index in [9.17, 15) is 9.59 Å². The number of nitrogens with zero attached hydrogens (tertiary/aromatic N) is 3. The molecule has 0 saturated carbocycles. The van der Waals surface area contributed by atoms with Crippen LogP contribution >= 0.6 is 0 Å². The number of amides is 1. The number of ether oxygens (including phenoxy) is 1. The molecule has 0 aromatic rings. The number of carbonyl (C=O) groups is 2. The molecule has 2 atom stereocenters. The first-order valence-corrected chi connectivity index (χ1v) is 6.73. The van der Waals surface area contributed by atoms with Crippen molar-refractivity contribution in [1.82, 2.24) is 4.90 Å². The number of likely N-dealkylation sites (tertiary alicyclic amines) is 1. The molecule has 19 heavy (non-hydrogen) atoms. The van der Waals surface area contributed by atoms with Gasteiger partial charge in [0.05, 0.1) is 6.61 Å². The van der Waals surface area contributed by atoms with E-state index in [-0.39, 0.29) is 6.61 Å². The fourth-order valence-electron chi connectivity index (χ4n) is 2.33. The minimum Gasteiger partial charge on any atom is -0.465 e. The molecule has 0 bridgehead atoms. The summed E-state index contributed by atoms with van der Waals surface area (Å²) in [5.74, 6) is -1.62. The highest BCUT2D eigenvalue weighted by Gasteiger charge is 2.32. The van der Waals surface area contributed by atoms with Crippen LogP contribution in [0.2, 0.25) is 0 Å². The van der Waals surface area contributed by atoms with Crippen LogP contribution in [0.25, 0.3) is 0 Å². The Hall–Kier alpha value is -1.72. The van der Waals surface area contributed by atoms with Crippen molar-refractivity contribution in [3.05, 3.63) is 0 Å². The molecule has 0 aromatic carbocycles. The van der Waals surface area contributed by atoms with Gasteiger partial charge in [0.1, 0.15) is 0 Å². The van der Waals surface area contributed by atoms with Crippen molar-refractivity contribution >= 4 is 24.1 Å². The monoisotopic (exact) mass is 265 g/mol. The minimum absolute atomic E-state index is 0.246. The number of esters is 1. The molecular weight excluding hydrogens is 246 g/mol. The molecule has 6 nitrogen and oxygen atoms in total. The normalized spacial score (nSPS) is 27.2. The first kappa shape index (κ1) is 13.7. The van der Waals surface area contributed by atoms with E-state index in [1.54, 1.807) is 6.92 Å². The number of guanidine groups is 1. The van der Waals surface area contributed by atoms with Gasteiger partial charge in [-0.25, -0.2) is 4.99 Å². The van der Waals surface area contributed by atoms with Gasteiger partial charge in [-0.2, -0.15) is 4.99 Å². The second-order valence-corrected chi connectivity index (χ2v) is 4.80. The van der Waals surface area contributed by atoms with Crippen molar-refractivity contribution in [3.8, 4) is 0 Å². The molecule has 0 N–H and O–H groups in total. The van der Waals surface area contributed by atoms with Gasteiger partial charge in [-0.15, -0.1) is 0 Å². The predicted octanol–water partition coefficient (Wildman–Crippen LogP) is 1.01. The Balaban J connectivity index is 2.07. The zero-order valence-electron chi connectivity index (χ0n) is 11.3. The summed E-state index contributed by atoms with van der Waals surface area (Å²) in [4.78, 5) is 33.5. The molecule has 0 spiro atoms. The summed E-state index contributed by atoms with van der Waals surface area (Å²) in [7, 11) is 0. The molecule has 0 aliphatic carbocycles.